The van der Waals surface area contributed by atoms with Gasteiger partial charge in [-0.05, 0) is 55.7 Å². The molecule has 0 heterocycles. The molecule has 0 radical (unpaired) electrons. The van der Waals surface area contributed by atoms with Crippen LogP contribution in [-0.2, 0) is 21.9 Å². The molecule has 0 aliphatic rings. The summed E-state index contributed by atoms with van der Waals surface area (Å²) in [5, 5.41) is 4.76. The molecule has 0 aliphatic carbocycles. The molecule has 4 nitrogen and oxygen atoms in total. The second kappa shape index (κ2) is 13.0. The van der Waals surface area contributed by atoms with Crippen molar-refractivity contribution in [3.05, 3.63) is 67.6 Å². The summed E-state index contributed by atoms with van der Waals surface area (Å²) in [5.74, 6) is 0.467. The standard InChI is InChI=1S/C23H26Cl4N2O2S/c1-4-14(2)28-23(31)15(3)29(11-16-5-7-18(24)20(26)9-16)22(30)13-32-12-17-6-8-19(25)21(27)10-17/h5-10,14-15H,4,11-13H2,1-3H3,(H,28,31)/t14-,15-/m1/s1. The first kappa shape index (κ1) is 27.1. The molecular formula is C23H26Cl4N2O2S. The minimum Gasteiger partial charge on any atom is -0.352 e. The third kappa shape index (κ3) is 8.03. The molecular weight excluding hydrogens is 510 g/mol. The fraction of sp³-hybridized carbons (Fsp3) is 0.391. The minimum atomic E-state index is -0.642. The Hall–Kier alpha value is -1.11. The van der Waals surface area contributed by atoms with Crippen molar-refractivity contribution in [3.8, 4) is 0 Å². The van der Waals surface area contributed by atoms with E-state index in [-0.39, 0.29) is 30.2 Å². The number of nitrogens with one attached hydrogen (secondary N) is 1. The van der Waals surface area contributed by atoms with E-state index in [1.165, 1.54) is 11.8 Å². The van der Waals surface area contributed by atoms with Gasteiger partial charge in [-0.2, -0.15) is 0 Å². The van der Waals surface area contributed by atoms with E-state index in [0.29, 0.717) is 25.8 Å². The van der Waals surface area contributed by atoms with Crippen molar-refractivity contribution in [1.29, 1.82) is 0 Å². The molecule has 2 aromatic carbocycles. The second-order valence-electron chi connectivity index (χ2n) is 7.51. The van der Waals surface area contributed by atoms with E-state index < -0.39 is 6.04 Å². The molecule has 2 atom stereocenters. The summed E-state index contributed by atoms with van der Waals surface area (Å²) in [7, 11) is 0. The molecule has 9 heteroatoms. The Balaban J connectivity index is 2.12. The SMILES string of the molecule is CC[C@@H](C)NC(=O)[C@@H](C)N(Cc1ccc(Cl)c(Cl)c1)C(=O)CSCc1ccc(Cl)c(Cl)c1. The number of nitrogens with zero attached hydrogens (tertiary/aromatic N) is 1. The Morgan fingerprint density at radius 2 is 1.50 bits per heavy atom. The van der Waals surface area contributed by atoms with Gasteiger partial charge in [0.1, 0.15) is 6.04 Å². The van der Waals surface area contributed by atoms with Crippen LogP contribution in [0.2, 0.25) is 20.1 Å². The van der Waals surface area contributed by atoms with Crippen LogP contribution in [0.1, 0.15) is 38.3 Å². The monoisotopic (exact) mass is 534 g/mol. The van der Waals surface area contributed by atoms with Crippen LogP contribution >= 0.6 is 58.2 Å². The smallest absolute Gasteiger partial charge is 0.242 e. The first-order chi connectivity index (χ1) is 15.1. The fourth-order valence-electron chi connectivity index (χ4n) is 2.85. The van der Waals surface area contributed by atoms with Crippen LogP contribution in [0.4, 0.5) is 0 Å². The van der Waals surface area contributed by atoms with Gasteiger partial charge in [-0.1, -0.05) is 65.5 Å². The van der Waals surface area contributed by atoms with Crippen molar-refractivity contribution in [3.63, 3.8) is 0 Å². The lowest BCUT2D eigenvalue weighted by atomic mass is 10.1. The number of rotatable bonds is 10. The summed E-state index contributed by atoms with van der Waals surface area (Å²) in [4.78, 5) is 27.4. The Kier molecular flexibility index (Phi) is 11.0. The predicted octanol–water partition coefficient (Wildman–Crippen LogP) is 6.87. The Morgan fingerprint density at radius 3 is 2.06 bits per heavy atom. The van der Waals surface area contributed by atoms with Gasteiger partial charge >= 0.3 is 0 Å². The average molecular weight is 536 g/mol. The third-order valence-corrected chi connectivity index (χ3v) is 7.45. The number of benzene rings is 2. The van der Waals surface area contributed by atoms with Crippen molar-refractivity contribution < 1.29 is 9.59 Å². The molecule has 2 aromatic rings. The van der Waals surface area contributed by atoms with Crippen molar-refractivity contribution in [2.75, 3.05) is 5.75 Å². The van der Waals surface area contributed by atoms with Crippen LogP contribution in [-0.4, -0.2) is 34.6 Å². The molecule has 1 N–H and O–H groups in total. The zero-order chi connectivity index (χ0) is 23.8. The molecule has 0 unspecified atom stereocenters. The average Bonchev–Trinajstić information content (AvgIpc) is 2.76. The van der Waals surface area contributed by atoms with Crippen LogP contribution < -0.4 is 5.32 Å². The zero-order valence-corrected chi connectivity index (χ0v) is 22.0. The quantitative estimate of drug-likeness (QED) is 0.361. The number of carbonyl (C=O) groups is 2. The van der Waals surface area contributed by atoms with Gasteiger partial charge < -0.3 is 10.2 Å². The van der Waals surface area contributed by atoms with E-state index in [2.05, 4.69) is 5.32 Å². The summed E-state index contributed by atoms with van der Waals surface area (Å²) in [6.07, 6.45) is 0.804. The Morgan fingerprint density at radius 1 is 0.938 bits per heavy atom. The fourth-order valence-corrected chi connectivity index (χ4v) is 4.35. The number of amides is 2. The van der Waals surface area contributed by atoms with Crippen molar-refractivity contribution in [2.24, 2.45) is 0 Å². The van der Waals surface area contributed by atoms with E-state index >= 15 is 0 Å². The Bertz CT molecular complexity index is 958. The molecule has 174 valence electrons. The molecule has 0 aromatic heterocycles. The summed E-state index contributed by atoms with van der Waals surface area (Å²) < 4.78 is 0. The Labute approximate surface area is 213 Å². The molecule has 0 spiro atoms. The van der Waals surface area contributed by atoms with Crippen LogP contribution in [0.25, 0.3) is 0 Å². The number of hydrogen-bond donors (Lipinski definition) is 1. The lowest BCUT2D eigenvalue weighted by Crippen LogP contribution is -2.50. The summed E-state index contributed by atoms with van der Waals surface area (Å²) in [6.45, 7) is 5.91. The molecule has 2 amide bonds. The van der Waals surface area contributed by atoms with Gasteiger partial charge in [-0.25, -0.2) is 0 Å². The lowest BCUT2D eigenvalue weighted by molar-refractivity contribution is -0.138. The van der Waals surface area contributed by atoms with Crippen LogP contribution in [0.5, 0.6) is 0 Å². The largest absolute Gasteiger partial charge is 0.352 e. The van der Waals surface area contributed by atoms with Gasteiger partial charge in [0, 0.05) is 18.3 Å². The maximum Gasteiger partial charge on any atom is 0.242 e. The second-order valence-corrected chi connectivity index (χ2v) is 10.1. The molecule has 0 saturated carbocycles. The topological polar surface area (TPSA) is 49.4 Å². The van der Waals surface area contributed by atoms with Gasteiger partial charge in [0.15, 0.2) is 0 Å². The number of halogens is 4. The van der Waals surface area contributed by atoms with E-state index in [1.54, 1.807) is 42.2 Å². The molecule has 0 aliphatic heterocycles. The number of hydrogen-bond acceptors (Lipinski definition) is 3. The highest BCUT2D eigenvalue weighted by atomic mass is 35.5. The minimum absolute atomic E-state index is 0.0240. The van der Waals surface area contributed by atoms with E-state index in [4.69, 9.17) is 46.4 Å². The van der Waals surface area contributed by atoms with E-state index in [1.807, 2.05) is 19.9 Å². The highest BCUT2D eigenvalue weighted by Gasteiger charge is 2.26. The van der Waals surface area contributed by atoms with Crippen LogP contribution in [0.15, 0.2) is 36.4 Å². The highest BCUT2D eigenvalue weighted by molar-refractivity contribution is 7.99. The molecule has 0 saturated heterocycles. The summed E-state index contributed by atoms with van der Waals surface area (Å²) in [6, 6.07) is 9.98. The number of carbonyl (C=O) groups excluding carboxylic acids is 2. The summed E-state index contributed by atoms with van der Waals surface area (Å²) >= 11 is 25.6. The third-order valence-electron chi connectivity index (χ3n) is 4.98. The first-order valence-electron chi connectivity index (χ1n) is 10.2. The van der Waals surface area contributed by atoms with Crippen LogP contribution in [0, 0.1) is 0 Å². The summed E-state index contributed by atoms with van der Waals surface area (Å²) in [5.41, 5.74) is 1.77. The lowest BCUT2D eigenvalue weighted by Gasteiger charge is -2.29. The van der Waals surface area contributed by atoms with Crippen LogP contribution in [0.3, 0.4) is 0 Å². The van der Waals surface area contributed by atoms with Crippen molar-refractivity contribution >= 4 is 70.0 Å². The van der Waals surface area contributed by atoms with Crippen molar-refractivity contribution in [2.45, 2.75) is 51.6 Å². The van der Waals surface area contributed by atoms with Gasteiger partial charge in [-0.3, -0.25) is 9.59 Å². The maximum atomic E-state index is 13.1. The molecule has 2 rings (SSSR count). The van der Waals surface area contributed by atoms with E-state index in [0.717, 1.165) is 17.5 Å². The van der Waals surface area contributed by atoms with E-state index in [9.17, 15) is 9.59 Å². The predicted molar refractivity (Wildman–Crippen MR) is 137 cm³/mol. The van der Waals surface area contributed by atoms with Crippen molar-refractivity contribution in [1.82, 2.24) is 10.2 Å². The molecule has 0 bridgehead atoms. The highest BCUT2D eigenvalue weighted by Crippen LogP contribution is 2.26. The molecule has 0 fully saturated rings. The van der Waals surface area contributed by atoms with Gasteiger partial charge in [0.05, 0.1) is 25.8 Å². The van der Waals surface area contributed by atoms with Gasteiger partial charge in [0.2, 0.25) is 11.8 Å². The zero-order valence-electron chi connectivity index (χ0n) is 18.1. The first-order valence-corrected chi connectivity index (χ1v) is 12.8. The number of thioether (sulfide) groups is 1. The molecule has 32 heavy (non-hydrogen) atoms. The van der Waals surface area contributed by atoms with Gasteiger partial charge in [-0.15, -0.1) is 11.8 Å². The van der Waals surface area contributed by atoms with Gasteiger partial charge in [0.25, 0.3) is 0 Å². The maximum absolute atomic E-state index is 13.1. The normalized spacial score (nSPS) is 12.8.